The van der Waals surface area contributed by atoms with Gasteiger partial charge < -0.3 is 10.1 Å². The summed E-state index contributed by atoms with van der Waals surface area (Å²) in [5, 5.41) is 2.58. The lowest BCUT2D eigenvalue weighted by Crippen LogP contribution is -2.45. The van der Waals surface area contributed by atoms with E-state index in [9.17, 15) is 9.59 Å². The summed E-state index contributed by atoms with van der Waals surface area (Å²) in [6.07, 6.45) is 1.11. The highest BCUT2D eigenvalue weighted by atomic mass is 16.6. The molecule has 1 N–H and O–H groups in total. The number of likely N-dealkylation sites (N-methyl/N-ethyl adjacent to an activating group) is 1. The Morgan fingerprint density at radius 1 is 1.37 bits per heavy atom. The van der Waals surface area contributed by atoms with Crippen LogP contribution < -0.4 is 5.32 Å². The van der Waals surface area contributed by atoms with Gasteiger partial charge in [-0.25, -0.2) is 4.79 Å². The molecule has 0 bridgehead atoms. The number of ether oxygens (including phenoxy) is 1. The van der Waals surface area contributed by atoms with Gasteiger partial charge in [0, 0.05) is 13.6 Å². The van der Waals surface area contributed by atoms with Crippen LogP contribution in [0.5, 0.6) is 0 Å². The van der Waals surface area contributed by atoms with Gasteiger partial charge in [-0.15, -0.1) is 0 Å². The lowest BCUT2D eigenvalue weighted by atomic mass is 10.2. The predicted molar refractivity (Wildman–Crippen MR) is 70.4 cm³/mol. The molecule has 2 amide bonds. The van der Waals surface area contributed by atoms with E-state index < -0.39 is 12.1 Å². The molecule has 1 fully saturated rings. The van der Waals surface area contributed by atoms with Crippen molar-refractivity contribution in [2.24, 2.45) is 0 Å². The molecule has 102 valence electrons. The van der Waals surface area contributed by atoms with E-state index in [0.29, 0.717) is 13.0 Å². The van der Waals surface area contributed by atoms with Gasteiger partial charge in [0.05, 0.1) is 0 Å². The topological polar surface area (TPSA) is 58.6 Å². The second-order valence-corrected chi connectivity index (χ2v) is 4.51. The van der Waals surface area contributed by atoms with E-state index in [1.165, 1.54) is 4.90 Å². The van der Waals surface area contributed by atoms with E-state index in [4.69, 9.17) is 4.74 Å². The van der Waals surface area contributed by atoms with Gasteiger partial charge in [0.25, 0.3) is 0 Å². The van der Waals surface area contributed by atoms with Crippen LogP contribution in [-0.4, -0.2) is 36.5 Å². The van der Waals surface area contributed by atoms with E-state index in [1.54, 1.807) is 7.05 Å². The lowest BCUT2D eigenvalue weighted by Gasteiger charge is -2.22. The van der Waals surface area contributed by atoms with E-state index >= 15 is 0 Å². The first-order valence-electron chi connectivity index (χ1n) is 6.41. The summed E-state index contributed by atoms with van der Waals surface area (Å²) in [5.41, 5.74) is 0.937. The van der Waals surface area contributed by atoms with Crippen molar-refractivity contribution in [1.29, 1.82) is 0 Å². The highest BCUT2D eigenvalue weighted by Gasteiger charge is 2.34. The van der Waals surface area contributed by atoms with Crippen molar-refractivity contribution < 1.29 is 14.3 Å². The van der Waals surface area contributed by atoms with Crippen molar-refractivity contribution in [3.8, 4) is 0 Å². The van der Waals surface area contributed by atoms with Crippen molar-refractivity contribution in [3.63, 3.8) is 0 Å². The Morgan fingerprint density at radius 3 is 2.79 bits per heavy atom. The molecule has 5 heteroatoms. The minimum Gasteiger partial charge on any atom is -0.445 e. The minimum absolute atomic E-state index is 0.130. The van der Waals surface area contributed by atoms with Gasteiger partial charge >= 0.3 is 6.09 Å². The molecule has 1 atom stereocenters. The van der Waals surface area contributed by atoms with Gasteiger partial charge in [-0.1, -0.05) is 30.3 Å². The first-order valence-corrected chi connectivity index (χ1v) is 6.41. The molecular formula is C14H18N2O3. The van der Waals surface area contributed by atoms with Crippen LogP contribution in [0.3, 0.4) is 0 Å². The number of nitrogens with one attached hydrogen (secondary N) is 1. The number of likely N-dealkylation sites (tertiary alicyclic amines) is 1. The summed E-state index contributed by atoms with van der Waals surface area (Å²) in [5.74, 6) is -0.130. The Labute approximate surface area is 112 Å². The molecule has 2 rings (SSSR count). The third kappa shape index (κ3) is 3.24. The average Bonchev–Trinajstić information content (AvgIpc) is 2.94. The van der Waals surface area contributed by atoms with Crippen LogP contribution in [0.4, 0.5) is 4.79 Å². The molecule has 0 aromatic heterocycles. The number of carbonyl (C=O) groups is 2. The number of benzene rings is 1. The van der Waals surface area contributed by atoms with Crippen molar-refractivity contribution in [1.82, 2.24) is 10.2 Å². The first kappa shape index (κ1) is 13.4. The lowest BCUT2D eigenvalue weighted by molar-refractivity contribution is -0.124. The molecule has 0 unspecified atom stereocenters. The van der Waals surface area contributed by atoms with Crippen molar-refractivity contribution in [3.05, 3.63) is 35.9 Å². The number of nitrogens with zero attached hydrogens (tertiary/aromatic N) is 1. The molecule has 0 saturated carbocycles. The number of hydrogen-bond acceptors (Lipinski definition) is 3. The Morgan fingerprint density at radius 2 is 2.11 bits per heavy atom. The van der Waals surface area contributed by atoms with Crippen LogP contribution >= 0.6 is 0 Å². The highest BCUT2D eigenvalue weighted by molar-refractivity contribution is 5.85. The summed E-state index contributed by atoms with van der Waals surface area (Å²) in [4.78, 5) is 25.1. The zero-order valence-corrected chi connectivity index (χ0v) is 11.0. The van der Waals surface area contributed by atoms with Crippen LogP contribution in [0.25, 0.3) is 0 Å². The summed E-state index contributed by atoms with van der Waals surface area (Å²) in [6, 6.07) is 9.10. The Balaban J connectivity index is 1.90. The molecule has 1 aromatic rings. The summed E-state index contributed by atoms with van der Waals surface area (Å²) in [6.45, 7) is 0.808. The van der Waals surface area contributed by atoms with Gasteiger partial charge in [0.1, 0.15) is 12.6 Å². The van der Waals surface area contributed by atoms with Gasteiger partial charge in [-0.3, -0.25) is 9.69 Å². The third-order valence-corrected chi connectivity index (χ3v) is 3.24. The standard InChI is InChI=1S/C14H18N2O3/c1-15-13(17)12-8-5-9-16(12)14(18)19-10-11-6-3-2-4-7-11/h2-4,6-7,12H,5,8-10H2,1H3,(H,15,17)/t12-/m0/s1. The molecule has 0 radical (unpaired) electrons. The van der Waals surface area contributed by atoms with Gasteiger partial charge in [0.15, 0.2) is 0 Å². The van der Waals surface area contributed by atoms with Gasteiger partial charge in [-0.2, -0.15) is 0 Å². The second kappa shape index (κ2) is 6.22. The fourth-order valence-corrected chi connectivity index (χ4v) is 2.23. The van der Waals surface area contributed by atoms with E-state index in [1.807, 2.05) is 30.3 Å². The Kier molecular flexibility index (Phi) is 4.39. The number of rotatable bonds is 3. The molecule has 5 nitrogen and oxygen atoms in total. The Hall–Kier alpha value is -2.04. The third-order valence-electron chi connectivity index (χ3n) is 3.24. The first-order chi connectivity index (χ1) is 9.22. The molecule has 1 aliphatic rings. The van der Waals surface area contributed by atoms with Crippen LogP contribution in [0.1, 0.15) is 18.4 Å². The zero-order valence-electron chi connectivity index (χ0n) is 11.0. The smallest absolute Gasteiger partial charge is 0.410 e. The molecule has 1 saturated heterocycles. The molecule has 1 aliphatic heterocycles. The van der Waals surface area contributed by atoms with Gasteiger partial charge in [-0.05, 0) is 18.4 Å². The largest absolute Gasteiger partial charge is 0.445 e. The summed E-state index contributed by atoms with van der Waals surface area (Å²) in [7, 11) is 1.58. The maximum absolute atomic E-state index is 12.0. The van der Waals surface area contributed by atoms with Crippen LogP contribution in [0.15, 0.2) is 30.3 Å². The summed E-state index contributed by atoms with van der Waals surface area (Å²) < 4.78 is 5.24. The van der Waals surface area contributed by atoms with E-state index in [2.05, 4.69) is 5.32 Å². The normalized spacial score (nSPS) is 18.2. The quantitative estimate of drug-likeness (QED) is 0.898. The monoisotopic (exact) mass is 262 g/mol. The second-order valence-electron chi connectivity index (χ2n) is 4.51. The van der Waals surface area contributed by atoms with Crippen LogP contribution in [-0.2, 0) is 16.1 Å². The van der Waals surface area contributed by atoms with E-state index in [-0.39, 0.29) is 12.5 Å². The van der Waals surface area contributed by atoms with Gasteiger partial charge in [0.2, 0.25) is 5.91 Å². The molecule has 19 heavy (non-hydrogen) atoms. The van der Waals surface area contributed by atoms with Crippen molar-refractivity contribution in [2.45, 2.75) is 25.5 Å². The van der Waals surface area contributed by atoms with Crippen molar-refractivity contribution >= 4 is 12.0 Å². The van der Waals surface area contributed by atoms with Crippen molar-refractivity contribution in [2.75, 3.05) is 13.6 Å². The summed E-state index contributed by atoms with van der Waals surface area (Å²) >= 11 is 0. The number of hydrogen-bond donors (Lipinski definition) is 1. The Bertz CT molecular complexity index is 447. The molecular weight excluding hydrogens is 244 g/mol. The molecule has 0 aliphatic carbocycles. The maximum Gasteiger partial charge on any atom is 0.410 e. The number of amides is 2. The molecule has 1 heterocycles. The maximum atomic E-state index is 12.0. The minimum atomic E-state index is -0.421. The van der Waals surface area contributed by atoms with E-state index in [0.717, 1.165) is 12.0 Å². The van der Waals surface area contributed by atoms with Crippen LogP contribution in [0, 0.1) is 0 Å². The number of carbonyl (C=O) groups excluding carboxylic acids is 2. The fraction of sp³-hybridized carbons (Fsp3) is 0.429. The SMILES string of the molecule is CNC(=O)[C@@H]1CCCN1C(=O)OCc1ccccc1. The zero-order chi connectivity index (χ0) is 13.7. The average molecular weight is 262 g/mol. The molecule has 1 aromatic carbocycles. The molecule has 0 spiro atoms. The highest BCUT2D eigenvalue weighted by Crippen LogP contribution is 2.18. The van der Waals surface area contributed by atoms with Crippen LogP contribution in [0.2, 0.25) is 0 Å². The fourth-order valence-electron chi connectivity index (χ4n) is 2.23. The predicted octanol–water partition coefficient (Wildman–Crippen LogP) is 1.53.